The minimum Gasteiger partial charge on any atom is -0.496 e. The number of aromatic nitrogens is 3. The number of rotatable bonds is 12. The normalized spacial score (nSPS) is 14.7. The fraction of sp³-hybridized carbons (Fsp3) is 0.306. The molecule has 1 fully saturated rings. The lowest BCUT2D eigenvalue weighted by Gasteiger charge is -2.16. The first-order chi connectivity index (χ1) is 22.8. The van der Waals surface area contributed by atoms with Gasteiger partial charge in [0, 0.05) is 91.3 Å². The van der Waals surface area contributed by atoms with Crippen LogP contribution in [0.3, 0.4) is 0 Å². The number of hydrogen-bond donors (Lipinski definition) is 3. The van der Waals surface area contributed by atoms with Crippen molar-refractivity contribution in [2.75, 3.05) is 33.9 Å². The van der Waals surface area contributed by atoms with Crippen molar-refractivity contribution in [2.45, 2.75) is 32.0 Å². The number of nitrogens with one attached hydrogen (secondary N) is 2. The molecule has 1 aliphatic rings. The summed E-state index contributed by atoms with van der Waals surface area (Å²) < 4.78 is 7.76. The average Bonchev–Trinajstić information content (AvgIpc) is 3.62. The van der Waals surface area contributed by atoms with Crippen LogP contribution in [-0.2, 0) is 24.9 Å². The lowest BCUT2D eigenvalue weighted by Crippen LogP contribution is -2.35. The topological polar surface area (TPSA) is 105 Å². The molecule has 9 nitrogen and oxygen atoms in total. The number of aliphatic hydroxyl groups is 1. The molecule has 0 spiro atoms. The van der Waals surface area contributed by atoms with Gasteiger partial charge in [0.05, 0.1) is 35.1 Å². The Hall–Kier alpha value is -3.99. The van der Waals surface area contributed by atoms with E-state index >= 15 is 0 Å². The minimum atomic E-state index is 0.109. The van der Waals surface area contributed by atoms with Gasteiger partial charge in [-0.1, -0.05) is 53.5 Å². The molecular formula is C36H38Cl2N6O3. The van der Waals surface area contributed by atoms with Crippen LogP contribution in [0.1, 0.15) is 24.0 Å². The van der Waals surface area contributed by atoms with E-state index in [1.807, 2.05) is 67.2 Å². The second kappa shape index (κ2) is 14.4. The van der Waals surface area contributed by atoms with Crippen LogP contribution in [0, 0.1) is 0 Å². The molecule has 0 saturated carbocycles. The Labute approximate surface area is 284 Å². The van der Waals surface area contributed by atoms with Crippen molar-refractivity contribution in [3.63, 3.8) is 0 Å². The van der Waals surface area contributed by atoms with Gasteiger partial charge in [-0.25, -0.2) is 4.98 Å². The van der Waals surface area contributed by atoms with Crippen LogP contribution >= 0.6 is 23.2 Å². The van der Waals surface area contributed by atoms with Gasteiger partial charge < -0.3 is 25.0 Å². The Morgan fingerprint density at radius 3 is 2.66 bits per heavy atom. The maximum Gasteiger partial charge on any atom is 0.220 e. The number of carbonyl (C=O) groups is 1. The number of halogens is 2. The van der Waals surface area contributed by atoms with Crippen LogP contribution < -0.4 is 15.4 Å². The molecule has 3 N–H and O–H groups in total. The van der Waals surface area contributed by atoms with Crippen molar-refractivity contribution in [3.8, 4) is 39.4 Å². The highest BCUT2D eigenvalue weighted by molar-refractivity contribution is 6.39. The highest BCUT2D eigenvalue weighted by atomic mass is 35.5. The number of ether oxygens (including phenoxy) is 1. The molecule has 11 heteroatoms. The molecule has 1 saturated heterocycles. The zero-order chi connectivity index (χ0) is 33.1. The molecule has 0 aliphatic carbocycles. The monoisotopic (exact) mass is 672 g/mol. The Kier molecular flexibility index (Phi) is 10.1. The molecule has 1 atom stereocenters. The molecule has 6 rings (SSSR count). The lowest BCUT2D eigenvalue weighted by atomic mass is 9.99. The summed E-state index contributed by atoms with van der Waals surface area (Å²) in [7, 11) is 5.62. The Bertz CT molecular complexity index is 1930. The molecular weight excluding hydrogens is 635 g/mol. The van der Waals surface area contributed by atoms with Gasteiger partial charge in [0.1, 0.15) is 11.4 Å². The number of hydrogen-bond acceptors (Lipinski definition) is 7. The van der Waals surface area contributed by atoms with E-state index in [1.165, 1.54) is 0 Å². The number of fused-ring (bicyclic) bond motifs is 1. The average molecular weight is 674 g/mol. The van der Waals surface area contributed by atoms with Crippen LogP contribution in [0.25, 0.3) is 44.7 Å². The van der Waals surface area contributed by atoms with Crippen molar-refractivity contribution in [1.82, 2.24) is 30.1 Å². The van der Waals surface area contributed by atoms with E-state index in [9.17, 15) is 9.90 Å². The van der Waals surface area contributed by atoms with E-state index in [4.69, 9.17) is 32.9 Å². The largest absolute Gasteiger partial charge is 0.496 e. The number of likely N-dealkylation sites (N-methyl/N-ethyl adjacent to an activating group) is 1. The molecule has 4 heterocycles. The summed E-state index contributed by atoms with van der Waals surface area (Å²) in [4.78, 5) is 23.2. The molecule has 1 aliphatic heterocycles. The number of nitrogens with zero attached hydrogens (tertiary/aromatic N) is 4. The number of carbonyl (C=O) groups excluding carboxylic acids is 1. The first kappa shape index (κ1) is 32.9. The minimum absolute atomic E-state index is 0.109. The van der Waals surface area contributed by atoms with Gasteiger partial charge in [0.25, 0.3) is 0 Å². The van der Waals surface area contributed by atoms with Crippen molar-refractivity contribution in [1.29, 1.82) is 0 Å². The molecule has 2 aromatic carbocycles. The third kappa shape index (κ3) is 7.00. The van der Waals surface area contributed by atoms with E-state index in [0.717, 1.165) is 62.3 Å². The van der Waals surface area contributed by atoms with Crippen LogP contribution in [0.4, 0.5) is 0 Å². The van der Waals surface area contributed by atoms with Crippen LogP contribution in [0.2, 0.25) is 10.0 Å². The number of amides is 1. The smallest absolute Gasteiger partial charge is 0.220 e. The van der Waals surface area contributed by atoms with Gasteiger partial charge in [-0.05, 0) is 43.3 Å². The number of benzene rings is 2. The first-order valence-electron chi connectivity index (χ1n) is 15.6. The van der Waals surface area contributed by atoms with E-state index in [-0.39, 0.29) is 18.6 Å². The van der Waals surface area contributed by atoms with Crippen molar-refractivity contribution < 1.29 is 14.6 Å². The first-order valence-corrected chi connectivity index (χ1v) is 16.4. The highest BCUT2D eigenvalue weighted by Gasteiger charge is 2.21. The van der Waals surface area contributed by atoms with Gasteiger partial charge in [-0.15, -0.1) is 0 Å². The van der Waals surface area contributed by atoms with Crippen LogP contribution in [0.15, 0.2) is 67.0 Å². The molecule has 1 amide bonds. The standard InChI is InChI=1S/C36H38Cl2N6O3/c1-43(15-16-45)20-24-21-44(2)36-26(24)10-11-30(42-36)29-6-4-5-27(33(29)37)28-13-14-40-35(34(28)38)22-7-8-23(31(17-22)47-3)18-39-19-25-9-12-32(46)41-25/h4-8,10-11,13-14,17,21,25,39,45H,9,12,15-16,18-20H2,1-3H3,(H,41,46)/t25-/m1/s1. The SMILES string of the molecule is COc1cc(-c2nccc(-c3cccc(-c4ccc5c(CN(C)CCO)cn(C)c5n4)c3Cl)c2Cl)ccc1CNC[C@H]1CCC(=O)N1. The fourth-order valence-electron chi connectivity index (χ4n) is 6.19. The number of aryl methyl sites for hydroxylation is 1. The zero-order valence-corrected chi connectivity index (χ0v) is 28.2. The highest BCUT2D eigenvalue weighted by Crippen LogP contribution is 2.42. The summed E-state index contributed by atoms with van der Waals surface area (Å²) in [6.07, 6.45) is 5.25. The molecule has 47 heavy (non-hydrogen) atoms. The molecule has 244 valence electrons. The summed E-state index contributed by atoms with van der Waals surface area (Å²) in [6, 6.07) is 17.9. The molecule has 3 aromatic heterocycles. The van der Waals surface area contributed by atoms with Crippen molar-refractivity contribution >= 4 is 40.1 Å². The van der Waals surface area contributed by atoms with Crippen molar-refractivity contribution in [2.24, 2.45) is 7.05 Å². The van der Waals surface area contributed by atoms with Gasteiger partial charge in [-0.2, -0.15) is 0 Å². The molecule has 5 aromatic rings. The van der Waals surface area contributed by atoms with Gasteiger partial charge >= 0.3 is 0 Å². The maximum absolute atomic E-state index is 11.5. The van der Waals surface area contributed by atoms with E-state index in [2.05, 4.69) is 32.8 Å². The maximum atomic E-state index is 11.5. The van der Waals surface area contributed by atoms with Gasteiger partial charge in [-0.3, -0.25) is 14.7 Å². The molecule has 0 radical (unpaired) electrons. The lowest BCUT2D eigenvalue weighted by molar-refractivity contribution is -0.119. The third-order valence-corrected chi connectivity index (χ3v) is 9.42. The second-order valence-electron chi connectivity index (χ2n) is 11.9. The number of methoxy groups -OCH3 is 1. The van der Waals surface area contributed by atoms with E-state index in [0.29, 0.717) is 48.3 Å². The predicted molar refractivity (Wildman–Crippen MR) is 188 cm³/mol. The third-order valence-electron chi connectivity index (χ3n) is 8.63. The zero-order valence-electron chi connectivity index (χ0n) is 26.7. The Balaban J connectivity index is 1.27. The number of pyridine rings is 2. The van der Waals surface area contributed by atoms with E-state index < -0.39 is 0 Å². The Morgan fingerprint density at radius 1 is 1.09 bits per heavy atom. The van der Waals surface area contributed by atoms with Crippen LogP contribution in [0.5, 0.6) is 5.75 Å². The summed E-state index contributed by atoms with van der Waals surface area (Å²) >= 11 is 14.2. The summed E-state index contributed by atoms with van der Waals surface area (Å²) in [5.41, 5.74) is 7.56. The van der Waals surface area contributed by atoms with E-state index in [1.54, 1.807) is 13.3 Å². The van der Waals surface area contributed by atoms with Crippen LogP contribution in [-0.4, -0.2) is 70.3 Å². The van der Waals surface area contributed by atoms with Gasteiger partial charge in [0.15, 0.2) is 0 Å². The predicted octanol–water partition coefficient (Wildman–Crippen LogP) is 6.08. The summed E-state index contributed by atoms with van der Waals surface area (Å²) in [6.45, 7) is 2.73. The summed E-state index contributed by atoms with van der Waals surface area (Å²) in [5, 5.41) is 17.8. The second-order valence-corrected chi connectivity index (χ2v) is 12.7. The van der Waals surface area contributed by atoms with Crippen molar-refractivity contribution in [3.05, 3.63) is 88.2 Å². The van der Waals surface area contributed by atoms with Gasteiger partial charge in [0.2, 0.25) is 5.91 Å². The quantitative estimate of drug-likeness (QED) is 0.148. The molecule has 0 bridgehead atoms. The number of aliphatic hydroxyl groups excluding tert-OH is 1. The summed E-state index contributed by atoms with van der Waals surface area (Å²) in [5.74, 6) is 0.830. The Morgan fingerprint density at radius 2 is 1.89 bits per heavy atom. The molecule has 0 unspecified atom stereocenters. The fourth-order valence-corrected chi connectivity index (χ4v) is 6.84.